The van der Waals surface area contributed by atoms with E-state index in [4.69, 9.17) is 0 Å². The average Bonchev–Trinajstić information content (AvgIpc) is 3.26. The molecule has 4 rings (SSSR count). The van der Waals surface area contributed by atoms with Crippen LogP contribution in [-0.2, 0) is 31.0 Å². The van der Waals surface area contributed by atoms with E-state index in [2.05, 4.69) is 10.6 Å². The van der Waals surface area contributed by atoms with Gasteiger partial charge < -0.3 is 35.2 Å². The lowest BCUT2D eigenvalue weighted by molar-refractivity contribution is -0.149. The molecule has 206 valence electrons. The fourth-order valence-corrected chi connectivity index (χ4v) is 5.26. The van der Waals surface area contributed by atoms with Crippen LogP contribution in [0.15, 0.2) is 18.3 Å². The van der Waals surface area contributed by atoms with Crippen LogP contribution in [0.2, 0.25) is 0 Å². The van der Waals surface area contributed by atoms with Crippen LogP contribution < -0.4 is 10.6 Å². The number of amides is 4. The number of aliphatic carboxylic acids is 2. The molecule has 0 radical (unpaired) electrons. The van der Waals surface area contributed by atoms with Crippen molar-refractivity contribution in [2.24, 2.45) is 13.0 Å². The lowest BCUT2D eigenvalue weighted by atomic mass is 10.1. The van der Waals surface area contributed by atoms with Gasteiger partial charge in [-0.05, 0) is 37.8 Å². The molecule has 4 amide bonds. The Bertz CT molecular complexity index is 1130. The molecule has 13 heteroatoms. The first-order valence-electron chi connectivity index (χ1n) is 12.8. The molecule has 38 heavy (non-hydrogen) atoms. The molecular formula is C25H33N5O8. The van der Waals surface area contributed by atoms with Crippen molar-refractivity contribution in [2.45, 2.75) is 69.1 Å². The predicted molar refractivity (Wildman–Crippen MR) is 131 cm³/mol. The first-order valence-corrected chi connectivity index (χ1v) is 12.8. The minimum atomic E-state index is -1.20. The highest BCUT2D eigenvalue weighted by atomic mass is 16.4. The second-order valence-electron chi connectivity index (χ2n) is 10.2. The summed E-state index contributed by atoms with van der Waals surface area (Å²) in [6.45, 7) is 0.227. The van der Waals surface area contributed by atoms with Gasteiger partial charge in [0.05, 0.1) is 6.04 Å². The van der Waals surface area contributed by atoms with Gasteiger partial charge in [-0.15, -0.1) is 0 Å². The van der Waals surface area contributed by atoms with Gasteiger partial charge in [0.25, 0.3) is 5.91 Å². The Balaban J connectivity index is 1.28. The maximum atomic E-state index is 12.9. The molecule has 0 bridgehead atoms. The minimum absolute atomic E-state index is 0.0372. The first kappa shape index (κ1) is 27.1. The number of carbonyl (C=O) groups excluding carboxylic acids is 4. The summed E-state index contributed by atoms with van der Waals surface area (Å²) in [5.74, 6) is -3.88. The maximum absolute atomic E-state index is 12.9. The van der Waals surface area contributed by atoms with E-state index in [1.807, 2.05) is 0 Å². The molecule has 0 aromatic carbocycles. The number of carboxylic acids is 2. The highest BCUT2D eigenvalue weighted by Gasteiger charge is 2.44. The van der Waals surface area contributed by atoms with E-state index in [9.17, 15) is 39.0 Å². The molecule has 1 aromatic rings. The zero-order chi connectivity index (χ0) is 27.6. The molecule has 2 saturated heterocycles. The third kappa shape index (κ3) is 5.97. The van der Waals surface area contributed by atoms with Crippen LogP contribution in [0.4, 0.5) is 0 Å². The molecule has 1 aromatic heterocycles. The molecule has 4 unspecified atom stereocenters. The number of nitrogens with zero attached hydrogens (tertiary/aromatic N) is 3. The molecule has 1 saturated carbocycles. The summed E-state index contributed by atoms with van der Waals surface area (Å²) < 4.78 is 1.64. The number of aromatic nitrogens is 1. The quantitative estimate of drug-likeness (QED) is 0.314. The lowest BCUT2D eigenvalue weighted by Gasteiger charge is -2.25. The number of hydrogen-bond donors (Lipinski definition) is 4. The van der Waals surface area contributed by atoms with Crippen LogP contribution in [0.25, 0.3) is 0 Å². The normalized spacial score (nSPS) is 24.8. The fraction of sp³-hybridized carbons (Fsp3) is 0.600. The number of likely N-dealkylation sites (tertiary alicyclic amines) is 2. The summed E-state index contributed by atoms with van der Waals surface area (Å²) in [7, 11) is 1.71. The van der Waals surface area contributed by atoms with Gasteiger partial charge in [0.15, 0.2) is 0 Å². The van der Waals surface area contributed by atoms with E-state index in [0.717, 1.165) is 12.8 Å². The molecule has 4 N–H and O–H groups in total. The van der Waals surface area contributed by atoms with Gasteiger partial charge in [-0.3, -0.25) is 19.2 Å². The second-order valence-corrected chi connectivity index (χ2v) is 10.2. The molecule has 13 nitrogen and oxygen atoms in total. The van der Waals surface area contributed by atoms with Gasteiger partial charge in [0.1, 0.15) is 17.8 Å². The van der Waals surface area contributed by atoms with Crippen LogP contribution in [0.1, 0.15) is 55.4 Å². The summed E-state index contributed by atoms with van der Waals surface area (Å²) in [5.41, 5.74) is 0.413. The predicted octanol–water partition coefficient (Wildman–Crippen LogP) is -0.440. The van der Waals surface area contributed by atoms with E-state index in [0.29, 0.717) is 12.1 Å². The average molecular weight is 532 g/mol. The standard InChI is InChI=1S/C25H33N5O8/c1-28-10-3-4-17(28)23(34)26-15-12-18(24(35)36)30(13-15)20(32)6-2-5-19(31)29-11-9-16(21(29)25(37)38)27-22(33)14-7-8-14/h3-4,10,14-16,18,21H,2,5-9,11-13H2,1H3,(H,26,34)(H,27,33)(H,35,36)(H,37,38). The number of aryl methyl sites for hydroxylation is 1. The molecule has 3 fully saturated rings. The van der Waals surface area contributed by atoms with Crippen LogP contribution in [-0.4, -0.2) is 97.4 Å². The van der Waals surface area contributed by atoms with Crippen molar-refractivity contribution >= 4 is 35.6 Å². The number of carboxylic acid groups (broad SMARTS) is 2. The van der Waals surface area contributed by atoms with Crippen molar-refractivity contribution in [1.82, 2.24) is 25.0 Å². The Morgan fingerprint density at radius 1 is 0.947 bits per heavy atom. The minimum Gasteiger partial charge on any atom is -0.480 e. The molecule has 3 heterocycles. The smallest absolute Gasteiger partial charge is 0.328 e. The van der Waals surface area contributed by atoms with Gasteiger partial charge in [-0.2, -0.15) is 0 Å². The monoisotopic (exact) mass is 531 g/mol. The Kier molecular flexibility index (Phi) is 8.02. The topological polar surface area (TPSA) is 178 Å². The van der Waals surface area contributed by atoms with Crippen LogP contribution >= 0.6 is 0 Å². The van der Waals surface area contributed by atoms with Crippen molar-refractivity contribution in [1.29, 1.82) is 0 Å². The molecule has 0 spiro atoms. The molecule has 3 aliphatic rings. The number of hydrogen-bond acceptors (Lipinski definition) is 6. The summed E-state index contributed by atoms with van der Waals surface area (Å²) in [6.07, 6.45) is 3.62. The van der Waals surface area contributed by atoms with E-state index >= 15 is 0 Å². The number of carbonyl (C=O) groups is 6. The van der Waals surface area contributed by atoms with Crippen LogP contribution in [0.3, 0.4) is 0 Å². The summed E-state index contributed by atoms with van der Waals surface area (Å²) in [6, 6.07) is -0.0987. The van der Waals surface area contributed by atoms with Crippen molar-refractivity contribution in [3.05, 3.63) is 24.0 Å². The Morgan fingerprint density at radius 2 is 1.63 bits per heavy atom. The number of rotatable bonds is 10. The summed E-state index contributed by atoms with van der Waals surface area (Å²) in [4.78, 5) is 76.4. The zero-order valence-electron chi connectivity index (χ0n) is 21.2. The summed E-state index contributed by atoms with van der Waals surface area (Å²) in [5, 5.41) is 24.8. The first-order chi connectivity index (χ1) is 18.1. The molecule has 1 aliphatic carbocycles. The maximum Gasteiger partial charge on any atom is 0.328 e. The molecular weight excluding hydrogens is 498 g/mol. The van der Waals surface area contributed by atoms with E-state index in [1.165, 1.54) is 9.80 Å². The van der Waals surface area contributed by atoms with Gasteiger partial charge in [0, 0.05) is 57.6 Å². The summed E-state index contributed by atoms with van der Waals surface area (Å²) >= 11 is 0. The Morgan fingerprint density at radius 3 is 2.21 bits per heavy atom. The van der Waals surface area contributed by atoms with E-state index in [1.54, 1.807) is 29.9 Å². The van der Waals surface area contributed by atoms with Gasteiger partial charge in [-0.25, -0.2) is 9.59 Å². The third-order valence-corrected chi connectivity index (χ3v) is 7.45. The molecule has 2 aliphatic heterocycles. The van der Waals surface area contributed by atoms with Gasteiger partial charge in [0.2, 0.25) is 17.7 Å². The van der Waals surface area contributed by atoms with Crippen LogP contribution in [0, 0.1) is 5.92 Å². The molecule has 4 atom stereocenters. The van der Waals surface area contributed by atoms with Gasteiger partial charge >= 0.3 is 11.9 Å². The van der Waals surface area contributed by atoms with Crippen molar-refractivity contribution in [3.8, 4) is 0 Å². The van der Waals surface area contributed by atoms with Gasteiger partial charge in [-0.1, -0.05) is 0 Å². The SMILES string of the molecule is Cn1cccc1C(=O)NC1CC(C(=O)O)N(C(=O)CCCC(=O)N2CCC(NC(=O)C3CC3)C2C(=O)O)C1. The lowest BCUT2D eigenvalue weighted by Crippen LogP contribution is -2.51. The second kappa shape index (κ2) is 11.2. The zero-order valence-corrected chi connectivity index (χ0v) is 21.2. The van der Waals surface area contributed by atoms with Crippen LogP contribution in [0.5, 0.6) is 0 Å². The largest absolute Gasteiger partial charge is 0.480 e. The fourth-order valence-electron chi connectivity index (χ4n) is 5.26. The van der Waals surface area contributed by atoms with Crippen molar-refractivity contribution < 1.29 is 39.0 Å². The van der Waals surface area contributed by atoms with E-state index in [-0.39, 0.29) is 56.5 Å². The Hall–Kier alpha value is -3.90. The third-order valence-electron chi connectivity index (χ3n) is 7.45. The highest BCUT2D eigenvalue weighted by Crippen LogP contribution is 2.30. The Labute approximate surface area is 219 Å². The van der Waals surface area contributed by atoms with E-state index < -0.39 is 47.9 Å². The van der Waals surface area contributed by atoms with Crippen molar-refractivity contribution in [3.63, 3.8) is 0 Å². The van der Waals surface area contributed by atoms with Crippen molar-refractivity contribution in [2.75, 3.05) is 13.1 Å². The highest BCUT2D eigenvalue weighted by molar-refractivity contribution is 5.93. The number of nitrogens with one attached hydrogen (secondary N) is 2.